The van der Waals surface area contributed by atoms with Gasteiger partial charge in [-0.05, 0) is 60.1 Å². The molecule has 0 saturated heterocycles. The number of nitrogens with zero attached hydrogens (tertiary/aromatic N) is 3. The highest BCUT2D eigenvalue weighted by Crippen LogP contribution is 2.40. The number of nitrogens with two attached hydrogens (primary N) is 1. The quantitative estimate of drug-likeness (QED) is 0.0810. The van der Waals surface area contributed by atoms with E-state index in [0.717, 1.165) is 36.4 Å². The highest BCUT2D eigenvalue weighted by molar-refractivity contribution is 7.86. The van der Waals surface area contributed by atoms with Gasteiger partial charge in [-0.3, -0.25) is 23.2 Å². The zero-order chi connectivity index (χ0) is 37.0. The fraction of sp³-hybridized carbons (Fsp3) is 0. The molecule has 0 atom stereocenters. The molecule has 262 valence electrons. The van der Waals surface area contributed by atoms with Gasteiger partial charge in [-0.1, -0.05) is 24.3 Å². The zero-order valence-corrected chi connectivity index (χ0v) is 28.3. The third-order valence-electron chi connectivity index (χ3n) is 7.28. The van der Waals surface area contributed by atoms with E-state index < -0.39 is 68.2 Å². The minimum Gasteiger partial charge on any atom is -0.397 e. The summed E-state index contributed by atoms with van der Waals surface area (Å²) in [5.41, 5.74) is 3.99. The molecular weight excluding hydrogens is 754 g/mol. The highest BCUT2D eigenvalue weighted by atomic mass is 35.5. The summed E-state index contributed by atoms with van der Waals surface area (Å²) in [4.78, 5) is 37.1. The standard InChI is InChI=1S/C29H20ClN7O11S3/c30-27-35-28(33-13-5-8-15(9-6-13)49(40,41)42)37-29(36-27)34-18-11-14(7-10-20(18)50(43,44)45)32-19-12-21(51(46,47)48)24(31)23-22(19)25(38)16-3-1-2-4-17(16)26(23)39/h1-12,32H,31H2,(H,40,41,42)(H,43,44,45)(H,46,47,48)(H2,33,34,35,36,37). The molecule has 8 N–H and O–H groups in total. The molecule has 1 aliphatic rings. The van der Waals surface area contributed by atoms with Crippen molar-refractivity contribution in [3.63, 3.8) is 0 Å². The Balaban J connectivity index is 1.41. The molecule has 6 rings (SSSR count). The normalized spacial score (nSPS) is 12.9. The van der Waals surface area contributed by atoms with Gasteiger partial charge in [0.05, 0.1) is 33.1 Å². The zero-order valence-electron chi connectivity index (χ0n) is 25.1. The van der Waals surface area contributed by atoms with E-state index in [1.807, 2.05) is 0 Å². The number of hydrogen-bond acceptors (Lipinski definition) is 15. The number of benzene rings is 4. The lowest BCUT2D eigenvalue weighted by atomic mass is 9.82. The molecule has 0 unspecified atom stereocenters. The molecular formula is C29H20ClN7O11S3. The molecule has 1 heterocycles. The van der Waals surface area contributed by atoms with E-state index in [1.165, 1.54) is 36.4 Å². The van der Waals surface area contributed by atoms with Crippen LogP contribution in [0.5, 0.6) is 0 Å². The van der Waals surface area contributed by atoms with Gasteiger partial charge in [0.2, 0.25) is 17.2 Å². The monoisotopic (exact) mass is 773 g/mol. The second kappa shape index (κ2) is 12.6. The maximum absolute atomic E-state index is 13.7. The largest absolute Gasteiger partial charge is 0.397 e. The molecule has 0 radical (unpaired) electrons. The van der Waals surface area contributed by atoms with Gasteiger partial charge in [0.25, 0.3) is 30.4 Å². The van der Waals surface area contributed by atoms with Gasteiger partial charge in [0.1, 0.15) is 9.79 Å². The molecule has 0 saturated carbocycles. The van der Waals surface area contributed by atoms with Crippen molar-refractivity contribution in [1.82, 2.24) is 15.0 Å². The number of hydrogen-bond donors (Lipinski definition) is 7. The lowest BCUT2D eigenvalue weighted by molar-refractivity contribution is 0.0980. The molecule has 0 bridgehead atoms. The summed E-state index contributed by atoms with van der Waals surface area (Å²) in [5.74, 6) is -2.09. The number of carbonyl (C=O) groups excluding carboxylic acids is 2. The molecule has 0 spiro atoms. The Labute approximate surface area is 293 Å². The summed E-state index contributed by atoms with van der Waals surface area (Å²) >= 11 is 6.06. The molecule has 1 aliphatic carbocycles. The number of rotatable bonds is 9. The smallest absolute Gasteiger partial charge is 0.296 e. The summed E-state index contributed by atoms with van der Waals surface area (Å²) in [7, 11) is -14.4. The van der Waals surface area contributed by atoms with Crippen molar-refractivity contribution in [3.8, 4) is 0 Å². The van der Waals surface area contributed by atoms with Crippen LogP contribution in [0.1, 0.15) is 31.8 Å². The fourth-order valence-electron chi connectivity index (χ4n) is 5.11. The van der Waals surface area contributed by atoms with Crippen LogP contribution >= 0.6 is 11.6 Å². The summed E-state index contributed by atoms with van der Waals surface area (Å²) in [5, 5.41) is 7.66. The molecule has 5 aromatic rings. The Morgan fingerprint density at radius 2 is 1.14 bits per heavy atom. The van der Waals surface area contributed by atoms with E-state index >= 15 is 0 Å². The van der Waals surface area contributed by atoms with Gasteiger partial charge >= 0.3 is 0 Å². The Morgan fingerprint density at radius 1 is 0.588 bits per heavy atom. The first kappa shape index (κ1) is 35.3. The SMILES string of the molecule is Nc1c(S(=O)(=O)O)cc(Nc2ccc(S(=O)(=O)O)c(Nc3nc(Cl)nc(Nc4ccc(S(=O)(=O)O)cc4)n3)c2)c2c1C(=O)c1ccccc1C2=O. The Morgan fingerprint density at radius 3 is 1.71 bits per heavy atom. The molecule has 1 aromatic heterocycles. The summed E-state index contributed by atoms with van der Waals surface area (Å²) in [6.07, 6.45) is 0. The van der Waals surface area contributed by atoms with Gasteiger partial charge in [0, 0.05) is 22.5 Å². The van der Waals surface area contributed by atoms with E-state index in [0.29, 0.717) is 0 Å². The Bertz CT molecular complexity index is 2660. The minimum atomic E-state index is -5.05. The highest BCUT2D eigenvalue weighted by Gasteiger charge is 2.36. The summed E-state index contributed by atoms with van der Waals surface area (Å²) in [6.45, 7) is 0. The van der Waals surface area contributed by atoms with Crippen LogP contribution in [0.15, 0.2) is 87.5 Å². The second-order valence-electron chi connectivity index (χ2n) is 10.6. The van der Waals surface area contributed by atoms with Gasteiger partial charge in [-0.2, -0.15) is 40.2 Å². The lowest BCUT2D eigenvalue weighted by Gasteiger charge is -2.24. The van der Waals surface area contributed by atoms with Crippen LogP contribution in [0.25, 0.3) is 0 Å². The number of fused-ring (bicyclic) bond motifs is 2. The molecule has 22 heteroatoms. The Hall–Kier alpha value is -5.55. The number of nitrogen functional groups attached to an aromatic ring is 1. The molecule has 18 nitrogen and oxygen atoms in total. The fourth-order valence-corrected chi connectivity index (χ4v) is 7.03. The molecule has 4 aromatic carbocycles. The number of anilines is 7. The number of ketones is 2. The predicted molar refractivity (Wildman–Crippen MR) is 181 cm³/mol. The van der Waals surface area contributed by atoms with Gasteiger partial charge in [-0.15, -0.1) is 0 Å². The maximum Gasteiger partial charge on any atom is 0.296 e. The maximum atomic E-state index is 13.7. The first-order valence-electron chi connectivity index (χ1n) is 13.9. The van der Waals surface area contributed by atoms with Gasteiger partial charge in [0.15, 0.2) is 11.6 Å². The third kappa shape index (κ3) is 7.07. The molecule has 51 heavy (non-hydrogen) atoms. The van der Waals surface area contributed by atoms with Gasteiger partial charge in [-0.25, -0.2) is 0 Å². The van der Waals surface area contributed by atoms with Crippen LogP contribution in [-0.4, -0.2) is 65.4 Å². The van der Waals surface area contributed by atoms with Crippen molar-refractivity contribution in [2.75, 3.05) is 21.7 Å². The summed E-state index contributed by atoms with van der Waals surface area (Å²) in [6, 6.07) is 14.5. The van der Waals surface area contributed by atoms with Crippen LogP contribution in [0.4, 0.5) is 40.3 Å². The van der Waals surface area contributed by atoms with E-state index in [9.17, 15) is 48.5 Å². The van der Waals surface area contributed by atoms with E-state index in [1.54, 1.807) is 0 Å². The number of halogens is 1. The van der Waals surface area contributed by atoms with Gasteiger partial charge < -0.3 is 21.7 Å². The van der Waals surface area contributed by atoms with E-state index in [-0.39, 0.29) is 56.2 Å². The number of carbonyl (C=O) groups is 2. The van der Waals surface area contributed by atoms with Crippen LogP contribution < -0.4 is 21.7 Å². The van der Waals surface area contributed by atoms with Crippen LogP contribution in [0.2, 0.25) is 5.28 Å². The lowest BCUT2D eigenvalue weighted by Crippen LogP contribution is -2.25. The first-order valence-corrected chi connectivity index (χ1v) is 18.5. The van der Waals surface area contributed by atoms with E-state index in [2.05, 4.69) is 30.9 Å². The third-order valence-corrected chi connectivity index (χ3v) is 10.1. The van der Waals surface area contributed by atoms with Crippen molar-refractivity contribution in [2.45, 2.75) is 14.7 Å². The van der Waals surface area contributed by atoms with Crippen molar-refractivity contribution in [2.24, 2.45) is 0 Å². The topological polar surface area (TPSA) is 298 Å². The molecule has 0 aliphatic heterocycles. The molecule has 0 fully saturated rings. The average Bonchev–Trinajstić information content (AvgIpc) is 3.03. The van der Waals surface area contributed by atoms with Crippen LogP contribution in [0.3, 0.4) is 0 Å². The van der Waals surface area contributed by atoms with Crippen LogP contribution in [0, 0.1) is 0 Å². The molecule has 0 amide bonds. The van der Waals surface area contributed by atoms with Crippen LogP contribution in [-0.2, 0) is 30.4 Å². The average molecular weight is 774 g/mol. The second-order valence-corrected chi connectivity index (χ2v) is 15.1. The van der Waals surface area contributed by atoms with Crippen molar-refractivity contribution < 1.29 is 48.5 Å². The van der Waals surface area contributed by atoms with Crippen molar-refractivity contribution >= 4 is 93.9 Å². The predicted octanol–water partition coefficient (Wildman–Crippen LogP) is 3.85. The summed E-state index contributed by atoms with van der Waals surface area (Å²) < 4.78 is 101. The number of aromatic nitrogens is 3. The van der Waals surface area contributed by atoms with Crippen molar-refractivity contribution in [3.05, 3.63) is 100 Å². The van der Waals surface area contributed by atoms with E-state index in [4.69, 9.17) is 17.3 Å². The first-order chi connectivity index (χ1) is 23.8. The van der Waals surface area contributed by atoms with Crippen molar-refractivity contribution in [1.29, 1.82) is 0 Å². The number of nitrogens with one attached hydrogen (secondary N) is 3. The minimum absolute atomic E-state index is 0.00775. The Kier molecular flexibility index (Phi) is 8.75.